The van der Waals surface area contributed by atoms with Gasteiger partial charge in [0.25, 0.3) is 0 Å². The highest BCUT2D eigenvalue weighted by Crippen LogP contribution is 2.37. The zero-order valence-electron chi connectivity index (χ0n) is 23.0. The third-order valence-corrected chi connectivity index (χ3v) is 7.66. The fourth-order valence-electron chi connectivity index (χ4n) is 4.22. The predicted molar refractivity (Wildman–Crippen MR) is 153 cm³/mol. The number of amides is 2. The Hall–Kier alpha value is -3.64. The van der Waals surface area contributed by atoms with Crippen LogP contribution in [0.15, 0.2) is 72.8 Å². The van der Waals surface area contributed by atoms with Crippen molar-refractivity contribution < 1.29 is 35.6 Å². The maximum Gasteiger partial charge on any atom is 0.417 e. The molecule has 3 rings (SSSR count). The molecule has 0 bridgehead atoms. The Morgan fingerprint density at radius 3 is 2.12 bits per heavy atom. The Kier molecular flexibility index (Phi) is 10.6. The van der Waals surface area contributed by atoms with Gasteiger partial charge in [0.1, 0.15) is 18.4 Å². The molecule has 1 N–H and O–H groups in total. The molecule has 0 aromatic heterocycles. The van der Waals surface area contributed by atoms with Gasteiger partial charge in [-0.3, -0.25) is 13.9 Å². The zero-order valence-corrected chi connectivity index (χ0v) is 24.6. The van der Waals surface area contributed by atoms with Gasteiger partial charge in [-0.25, -0.2) is 12.8 Å². The summed E-state index contributed by atoms with van der Waals surface area (Å²) >= 11 is 5.72. The summed E-state index contributed by atoms with van der Waals surface area (Å²) in [6.07, 6.45) is -4.09. The Morgan fingerprint density at radius 2 is 1.57 bits per heavy atom. The molecule has 3 aromatic rings. The van der Waals surface area contributed by atoms with Crippen LogP contribution in [-0.4, -0.2) is 50.0 Å². The maximum atomic E-state index is 13.9. The summed E-state index contributed by atoms with van der Waals surface area (Å²) in [7, 11) is -4.30. The second-order valence-electron chi connectivity index (χ2n) is 9.95. The van der Waals surface area contributed by atoms with Crippen molar-refractivity contribution >= 4 is 39.1 Å². The largest absolute Gasteiger partial charge is 0.417 e. The van der Waals surface area contributed by atoms with Gasteiger partial charge in [0.05, 0.1) is 22.5 Å². The average molecular weight is 628 g/mol. The smallest absolute Gasteiger partial charge is 0.352 e. The lowest BCUT2D eigenvalue weighted by Gasteiger charge is -2.34. The highest BCUT2D eigenvalue weighted by molar-refractivity contribution is 7.92. The van der Waals surface area contributed by atoms with Crippen LogP contribution in [0.25, 0.3) is 0 Å². The molecule has 1 atom stereocenters. The summed E-state index contributed by atoms with van der Waals surface area (Å²) in [6.45, 7) is 2.33. The lowest BCUT2D eigenvalue weighted by molar-refractivity contribution is -0.140. The highest BCUT2D eigenvalue weighted by atomic mass is 35.5. The van der Waals surface area contributed by atoms with Gasteiger partial charge >= 0.3 is 6.18 Å². The zero-order chi connectivity index (χ0) is 31.2. The van der Waals surface area contributed by atoms with Crippen molar-refractivity contribution in [2.24, 2.45) is 0 Å². The molecule has 0 aliphatic heterocycles. The summed E-state index contributed by atoms with van der Waals surface area (Å²) in [6, 6.07) is 15.0. The van der Waals surface area contributed by atoms with E-state index in [1.165, 1.54) is 24.3 Å². The van der Waals surface area contributed by atoms with Crippen molar-refractivity contribution in [2.75, 3.05) is 17.1 Å². The summed E-state index contributed by atoms with van der Waals surface area (Å²) in [5.74, 6) is -1.92. The highest BCUT2D eigenvalue weighted by Gasteiger charge is 2.36. The quantitative estimate of drug-likeness (QED) is 0.287. The summed E-state index contributed by atoms with van der Waals surface area (Å²) in [5.41, 5.74) is -0.567. The van der Waals surface area contributed by atoms with E-state index in [4.69, 9.17) is 11.6 Å². The summed E-state index contributed by atoms with van der Waals surface area (Å²) in [4.78, 5) is 28.5. The normalized spacial score (nSPS) is 12.6. The van der Waals surface area contributed by atoms with Crippen LogP contribution in [0, 0.1) is 5.82 Å². The summed E-state index contributed by atoms with van der Waals surface area (Å²) < 4.78 is 80.4. The standard InChI is InChI=1S/C29H30ClF4N3O4S/c1-19(2)35-28(39)26(15-20-7-5-4-6-8-20)36(17-21-9-11-22(31)12-10-21)27(38)18-37(42(3,40)41)23-13-14-25(30)24(16-23)29(32,33)34/h4-14,16,19,26H,15,17-18H2,1-3H3,(H,35,39)/t26-/m1/s1. The van der Waals surface area contributed by atoms with Crippen molar-refractivity contribution in [1.82, 2.24) is 10.2 Å². The predicted octanol–water partition coefficient (Wildman–Crippen LogP) is 5.43. The lowest BCUT2D eigenvalue weighted by Crippen LogP contribution is -2.54. The number of nitrogens with zero attached hydrogens (tertiary/aromatic N) is 2. The Balaban J connectivity index is 2.09. The number of halogens is 5. The number of hydrogen-bond acceptors (Lipinski definition) is 4. The molecule has 0 unspecified atom stereocenters. The topological polar surface area (TPSA) is 86.8 Å². The van der Waals surface area contributed by atoms with Crippen LogP contribution in [0.4, 0.5) is 23.2 Å². The number of alkyl halides is 3. The number of anilines is 1. The second kappa shape index (κ2) is 13.6. The van der Waals surface area contributed by atoms with Gasteiger partial charge in [-0.05, 0) is 55.3 Å². The Bertz CT molecular complexity index is 1500. The van der Waals surface area contributed by atoms with Gasteiger partial charge in [-0.1, -0.05) is 54.1 Å². The van der Waals surface area contributed by atoms with Crippen LogP contribution < -0.4 is 9.62 Å². The number of benzene rings is 3. The molecular weight excluding hydrogens is 598 g/mol. The van der Waals surface area contributed by atoms with Gasteiger partial charge in [0.2, 0.25) is 21.8 Å². The molecule has 226 valence electrons. The van der Waals surface area contributed by atoms with Crippen molar-refractivity contribution in [3.63, 3.8) is 0 Å². The van der Waals surface area contributed by atoms with Gasteiger partial charge in [-0.15, -0.1) is 0 Å². The Morgan fingerprint density at radius 1 is 0.952 bits per heavy atom. The number of carbonyl (C=O) groups excluding carboxylic acids is 2. The minimum atomic E-state index is -4.88. The number of carbonyl (C=O) groups is 2. The van der Waals surface area contributed by atoms with E-state index in [1.54, 1.807) is 44.2 Å². The molecular formula is C29H30ClF4N3O4S. The molecule has 0 heterocycles. The number of nitrogens with one attached hydrogen (secondary N) is 1. The van der Waals surface area contributed by atoms with Crippen LogP contribution in [0.3, 0.4) is 0 Å². The van der Waals surface area contributed by atoms with Gasteiger partial charge in [-0.2, -0.15) is 13.2 Å². The van der Waals surface area contributed by atoms with Crippen molar-refractivity contribution in [3.05, 3.63) is 100 Å². The number of rotatable bonds is 11. The lowest BCUT2D eigenvalue weighted by atomic mass is 10.0. The van der Waals surface area contributed by atoms with Crippen molar-refractivity contribution in [3.8, 4) is 0 Å². The van der Waals surface area contributed by atoms with Crippen LogP contribution in [0.2, 0.25) is 5.02 Å². The maximum absolute atomic E-state index is 13.9. The first-order valence-corrected chi connectivity index (χ1v) is 15.0. The molecule has 42 heavy (non-hydrogen) atoms. The summed E-state index contributed by atoms with van der Waals surface area (Å²) in [5, 5.41) is 2.13. The van der Waals surface area contributed by atoms with E-state index in [2.05, 4.69) is 5.32 Å². The minimum absolute atomic E-state index is 0.0460. The number of sulfonamides is 1. The SMILES string of the molecule is CC(C)NC(=O)[C@@H](Cc1ccccc1)N(Cc1ccc(F)cc1)C(=O)CN(c1ccc(Cl)c(C(F)(F)F)c1)S(C)(=O)=O. The molecule has 0 aliphatic rings. The molecule has 0 saturated heterocycles. The average Bonchev–Trinajstić information content (AvgIpc) is 2.89. The molecule has 0 saturated carbocycles. The minimum Gasteiger partial charge on any atom is -0.352 e. The second-order valence-corrected chi connectivity index (χ2v) is 12.3. The first-order valence-electron chi connectivity index (χ1n) is 12.8. The van der Waals surface area contributed by atoms with E-state index in [9.17, 15) is 35.6 Å². The number of hydrogen-bond donors (Lipinski definition) is 1. The molecule has 0 fully saturated rings. The van der Waals surface area contributed by atoms with Gasteiger partial charge in [0, 0.05) is 19.0 Å². The van der Waals surface area contributed by atoms with Crippen LogP contribution in [0.5, 0.6) is 0 Å². The molecule has 2 amide bonds. The fourth-order valence-corrected chi connectivity index (χ4v) is 5.29. The van der Waals surface area contributed by atoms with Crippen molar-refractivity contribution in [2.45, 2.75) is 45.1 Å². The first-order chi connectivity index (χ1) is 19.6. The third kappa shape index (κ3) is 8.93. The van der Waals surface area contributed by atoms with Crippen LogP contribution >= 0.6 is 11.6 Å². The molecule has 7 nitrogen and oxygen atoms in total. The Labute approximate surface area is 247 Å². The molecule has 0 spiro atoms. The van der Waals surface area contributed by atoms with E-state index >= 15 is 0 Å². The van der Waals surface area contributed by atoms with E-state index in [0.717, 1.165) is 23.3 Å². The fraction of sp³-hybridized carbons (Fsp3) is 0.310. The monoisotopic (exact) mass is 627 g/mol. The van der Waals surface area contributed by atoms with Crippen LogP contribution in [-0.2, 0) is 38.8 Å². The first kappa shape index (κ1) is 32.9. The van der Waals surface area contributed by atoms with Crippen LogP contribution in [0.1, 0.15) is 30.5 Å². The molecule has 0 radical (unpaired) electrons. The van der Waals surface area contributed by atoms with Gasteiger partial charge < -0.3 is 10.2 Å². The van der Waals surface area contributed by atoms with Crippen molar-refractivity contribution in [1.29, 1.82) is 0 Å². The third-order valence-electron chi connectivity index (χ3n) is 6.19. The molecule has 3 aromatic carbocycles. The molecule has 13 heteroatoms. The van der Waals surface area contributed by atoms with E-state index in [1.807, 2.05) is 0 Å². The van der Waals surface area contributed by atoms with E-state index in [-0.39, 0.29) is 19.0 Å². The van der Waals surface area contributed by atoms with Gasteiger partial charge in [0.15, 0.2) is 0 Å². The van der Waals surface area contributed by atoms with E-state index in [0.29, 0.717) is 21.5 Å². The van der Waals surface area contributed by atoms with E-state index < -0.39 is 62.7 Å². The molecule has 0 aliphatic carbocycles.